The third-order valence-electron chi connectivity index (χ3n) is 3.57. The lowest BCUT2D eigenvalue weighted by Gasteiger charge is -2.23. The molecule has 100 valence electrons. The third kappa shape index (κ3) is 3.13. The van der Waals surface area contributed by atoms with Crippen molar-refractivity contribution < 1.29 is 14.3 Å². The van der Waals surface area contributed by atoms with Gasteiger partial charge in [-0.2, -0.15) is 0 Å². The minimum atomic E-state index is -0.0561. The van der Waals surface area contributed by atoms with Crippen LogP contribution in [0, 0.1) is 11.3 Å². The van der Waals surface area contributed by atoms with Gasteiger partial charge < -0.3 is 14.8 Å². The number of hydrogen-bond donors (Lipinski definition) is 2. The van der Waals surface area contributed by atoms with Gasteiger partial charge in [0.15, 0.2) is 0 Å². The van der Waals surface area contributed by atoms with Crippen molar-refractivity contribution in [2.75, 3.05) is 13.2 Å². The van der Waals surface area contributed by atoms with E-state index in [1.807, 2.05) is 26.0 Å². The molecule has 2 rings (SSSR count). The summed E-state index contributed by atoms with van der Waals surface area (Å²) in [7, 11) is 0. The van der Waals surface area contributed by atoms with E-state index in [1.54, 1.807) is 6.26 Å². The molecular weight excluding hydrogens is 230 g/mol. The van der Waals surface area contributed by atoms with Crippen LogP contribution in [-0.4, -0.2) is 24.2 Å². The monoisotopic (exact) mass is 251 g/mol. The summed E-state index contributed by atoms with van der Waals surface area (Å²) in [5.74, 6) is 1.31. The molecule has 0 spiro atoms. The second-order valence-corrected chi connectivity index (χ2v) is 5.82. The van der Waals surface area contributed by atoms with Crippen LogP contribution in [0.1, 0.15) is 38.4 Å². The number of aliphatic hydroxyl groups excluding tert-OH is 1. The number of furan rings is 1. The fraction of sp³-hybridized carbons (Fsp3) is 0.643. The van der Waals surface area contributed by atoms with Gasteiger partial charge in [0, 0.05) is 25.0 Å². The molecule has 1 amide bonds. The lowest BCUT2D eigenvalue weighted by atomic mass is 9.90. The highest BCUT2D eigenvalue weighted by molar-refractivity contribution is 5.82. The molecule has 1 aliphatic rings. The highest BCUT2D eigenvalue weighted by Crippen LogP contribution is 2.47. The van der Waals surface area contributed by atoms with Gasteiger partial charge in [-0.3, -0.25) is 4.79 Å². The summed E-state index contributed by atoms with van der Waals surface area (Å²) in [5, 5.41) is 11.9. The van der Waals surface area contributed by atoms with E-state index in [4.69, 9.17) is 9.52 Å². The van der Waals surface area contributed by atoms with E-state index in [-0.39, 0.29) is 29.8 Å². The Morgan fingerprint density at radius 1 is 1.61 bits per heavy atom. The topological polar surface area (TPSA) is 62.5 Å². The van der Waals surface area contributed by atoms with Gasteiger partial charge in [0.25, 0.3) is 0 Å². The maximum absolute atomic E-state index is 11.9. The zero-order chi connectivity index (χ0) is 13.2. The van der Waals surface area contributed by atoms with E-state index in [2.05, 4.69) is 5.32 Å². The number of rotatable bonds is 6. The minimum absolute atomic E-state index is 0.0561. The first-order valence-electron chi connectivity index (χ1n) is 6.45. The second-order valence-electron chi connectivity index (χ2n) is 5.82. The number of carbonyl (C=O) groups is 1. The number of amides is 1. The molecule has 2 atom stereocenters. The van der Waals surface area contributed by atoms with E-state index < -0.39 is 0 Å². The second kappa shape index (κ2) is 5.14. The molecule has 1 aromatic heterocycles. The summed E-state index contributed by atoms with van der Waals surface area (Å²) in [4.78, 5) is 11.9. The van der Waals surface area contributed by atoms with Crippen LogP contribution in [0.5, 0.6) is 0 Å². The first kappa shape index (κ1) is 13.1. The van der Waals surface area contributed by atoms with Crippen LogP contribution < -0.4 is 5.32 Å². The maximum atomic E-state index is 11.9. The molecule has 4 heteroatoms. The largest absolute Gasteiger partial charge is 0.469 e. The van der Waals surface area contributed by atoms with Crippen LogP contribution in [0.4, 0.5) is 0 Å². The normalized spacial score (nSPS) is 22.8. The first-order chi connectivity index (χ1) is 8.53. The Balaban J connectivity index is 1.77. The molecule has 0 radical (unpaired) electrons. The molecule has 2 unspecified atom stereocenters. The van der Waals surface area contributed by atoms with Gasteiger partial charge in [0.2, 0.25) is 5.91 Å². The molecule has 1 fully saturated rings. The van der Waals surface area contributed by atoms with Crippen molar-refractivity contribution in [1.29, 1.82) is 0 Å². The molecule has 1 saturated carbocycles. The van der Waals surface area contributed by atoms with Crippen LogP contribution >= 0.6 is 0 Å². The Labute approximate surface area is 107 Å². The highest BCUT2D eigenvalue weighted by Gasteiger charge is 2.45. The predicted molar refractivity (Wildman–Crippen MR) is 68.0 cm³/mol. The van der Waals surface area contributed by atoms with Crippen LogP contribution in [-0.2, 0) is 4.79 Å². The minimum Gasteiger partial charge on any atom is -0.469 e. The van der Waals surface area contributed by atoms with Crippen molar-refractivity contribution in [3.05, 3.63) is 24.2 Å². The molecule has 1 aliphatic carbocycles. The van der Waals surface area contributed by atoms with Crippen LogP contribution in [0.25, 0.3) is 0 Å². The number of carbonyl (C=O) groups excluding carboxylic acids is 1. The van der Waals surface area contributed by atoms with Gasteiger partial charge in [0.05, 0.1) is 6.26 Å². The fourth-order valence-corrected chi connectivity index (χ4v) is 2.15. The summed E-state index contributed by atoms with van der Waals surface area (Å²) in [6.07, 6.45) is 3.21. The summed E-state index contributed by atoms with van der Waals surface area (Å²) in [6, 6.07) is 3.78. The fourth-order valence-electron chi connectivity index (χ4n) is 2.15. The van der Waals surface area contributed by atoms with Crippen molar-refractivity contribution >= 4 is 5.91 Å². The lowest BCUT2D eigenvalue weighted by molar-refractivity contribution is -0.122. The van der Waals surface area contributed by atoms with Crippen LogP contribution in [0.2, 0.25) is 0 Å². The van der Waals surface area contributed by atoms with Gasteiger partial charge >= 0.3 is 0 Å². The third-order valence-corrected chi connectivity index (χ3v) is 3.57. The molecule has 1 aromatic rings. The standard InChI is InChI=1S/C14H21NO3/c1-14(2,5-6-16)9-15-13(17)11-8-10(11)12-4-3-7-18-12/h3-4,7,10-11,16H,5-6,8-9H2,1-2H3,(H,15,17). The van der Waals surface area contributed by atoms with E-state index in [9.17, 15) is 4.79 Å². The first-order valence-corrected chi connectivity index (χ1v) is 6.45. The van der Waals surface area contributed by atoms with Crippen molar-refractivity contribution in [1.82, 2.24) is 5.32 Å². The molecule has 2 N–H and O–H groups in total. The van der Waals surface area contributed by atoms with Crippen LogP contribution in [0.3, 0.4) is 0 Å². The molecule has 0 bridgehead atoms. The van der Waals surface area contributed by atoms with Gasteiger partial charge in [0.1, 0.15) is 5.76 Å². The zero-order valence-electron chi connectivity index (χ0n) is 11.0. The molecule has 18 heavy (non-hydrogen) atoms. The van der Waals surface area contributed by atoms with E-state index >= 15 is 0 Å². The van der Waals surface area contributed by atoms with E-state index in [0.29, 0.717) is 13.0 Å². The highest BCUT2D eigenvalue weighted by atomic mass is 16.3. The van der Waals surface area contributed by atoms with E-state index in [0.717, 1.165) is 12.2 Å². The van der Waals surface area contributed by atoms with Gasteiger partial charge in [-0.05, 0) is 30.4 Å². The molecule has 1 heterocycles. The Kier molecular flexibility index (Phi) is 3.76. The van der Waals surface area contributed by atoms with Gasteiger partial charge in [-0.15, -0.1) is 0 Å². The SMILES string of the molecule is CC(C)(CCO)CNC(=O)C1CC1c1ccco1. The average molecular weight is 251 g/mol. The summed E-state index contributed by atoms with van der Waals surface area (Å²) < 4.78 is 5.31. The molecule has 0 aromatic carbocycles. The number of nitrogens with one attached hydrogen (secondary N) is 1. The predicted octanol–water partition coefficient (Wildman–Crippen LogP) is 1.91. The summed E-state index contributed by atoms with van der Waals surface area (Å²) >= 11 is 0. The quantitative estimate of drug-likeness (QED) is 0.811. The Hall–Kier alpha value is -1.29. The Bertz CT molecular complexity index is 397. The van der Waals surface area contributed by atoms with Crippen molar-refractivity contribution in [3.8, 4) is 0 Å². The van der Waals surface area contributed by atoms with Crippen molar-refractivity contribution in [2.24, 2.45) is 11.3 Å². The van der Waals surface area contributed by atoms with Crippen molar-refractivity contribution in [2.45, 2.75) is 32.6 Å². The molecule has 0 saturated heterocycles. The van der Waals surface area contributed by atoms with Crippen molar-refractivity contribution in [3.63, 3.8) is 0 Å². The molecular formula is C14H21NO3. The van der Waals surface area contributed by atoms with E-state index in [1.165, 1.54) is 0 Å². The lowest BCUT2D eigenvalue weighted by Crippen LogP contribution is -2.35. The van der Waals surface area contributed by atoms with Gasteiger partial charge in [-0.25, -0.2) is 0 Å². The molecule has 4 nitrogen and oxygen atoms in total. The van der Waals surface area contributed by atoms with Gasteiger partial charge in [-0.1, -0.05) is 13.8 Å². The Morgan fingerprint density at radius 2 is 2.39 bits per heavy atom. The number of hydrogen-bond acceptors (Lipinski definition) is 3. The summed E-state index contributed by atoms with van der Waals surface area (Å²) in [6.45, 7) is 4.84. The molecule has 0 aliphatic heterocycles. The average Bonchev–Trinajstić information content (AvgIpc) is 2.93. The van der Waals surface area contributed by atoms with Crippen LogP contribution in [0.15, 0.2) is 22.8 Å². The maximum Gasteiger partial charge on any atom is 0.223 e. The smallest absolute Gasteiger partial charge is 0.223 e. The zero-order valence-corrected chi connectivity index (χ0v) is 11.0. The Morgan fingerprint density at radius 3 is 3.00 bits per heavy atom. The summed E-state index contributed by atoms with van der Waals surface area (Å²) in [5.41, 5.74) is -0.0561. The number of aliphatic hydroxyl groups is 1.